The van der Waals surface area contributed by atoms with Gasteiger partial charge < -0.3 is 15.7 Å². The molecule has 0 aliphatic heterocycles. The van der Waals surface area contributed by atoms with E-state index in [-0.39, 0.29) is 5.92 Å². The van der Waals surface area contributed by atoms with Gasteiger partial charge in [-0.05, 0) is 23.0 Å². The van der Waals surface area contributed by atoms with E-state index in [1.165, 1.54) is 5.56 Å². The Labute approximate surface area is 125 Å². The van der Waals surface area contributed by atoms with Crippen LogP contribution in [-0.4, -0.2) is 23.1 Å². The third-order valence-corrected chi connectivity index (χ3v) is 3.32. The number of carbonyl (C=O) groups excluding carboxylic acids is 1. The van der Waals surface area contributed by atoms with Gasteiger partial charge in [0.1, 0.15) is 6.04 Å². The Morgan fingerprint density at radius 2 is 1.67 bits per heavy atom. The van der Waals surface area contributed by atoms with Crippen LogP contribution in [0.3, 0.4) is 0 Å². The number of hydrogen-bond acceptors (Lipinski definition) is 2. The number of amides is 2. The highest BCUT2D eigenvalue weighted by Crippen LogP contribution is 2.14. The summed E-state index contributed by atoms with van der Waals surface area (Å²) in [6, 6.07) is 6.65. The van der Waals surface area contributed by atoms with E-state index >= 15 is 0 Å². The Kier molecular flexibility index (Phi) is 6.21. The maximum absolute atomic E-state index is 11.7. The molecule has 21 heavy (non-hydrogen) atoms. The monoisotopic (exact) mass is 292 g/mol. The maximum Gasteiger partial charge on any atom is 0.326 e. The second kappa shape index (κ2) is 7.67. The van der Waals surface area contributed by atoms with Gasteiger partial charge in [0.25, 0.3) is 0 Å². The molecule has 0 saturated heterocycles. The van der Waals surface area contributed by atoms with Crippen molar-refractivity contribution in [2.75, 3.05) is 0 Å². The molecule has 0 fully saturated rings. The predicted molar refractivity (Wildman–Crippen MR) is 82.2 cm³/mol. The summed E-state index contributed by atoms with van der Waals surface area (Å²) in [5.41, 5.74) is 2.22. The molecule has 0 aliphatic rings. The number of carboxylic acids is 1. The van der Waals surface area contributed by atoms with Crippen LogP contribution in [0.1, 0.15) is 44.7 Å². The van der Waals surface area contributed by atoms with E-state index in [0.717, 1.165) is 5.56 Å². The number of hydrogen-bond donors (Lipinski definition) is 3. The fourth-order valence-corrected chi connectivity index (χ4v) is 1.91. The molecule has 2 amide bonds. The van der Waals surface area contributed by atoms with Crippen molar-refractivity contribution < 1.29 is 14.7 Å². The van der Waals surface area contributed by atoms with Gasteiger partial charge in [0.05, 0.1) is 0 Å². The topological polar surface area (TPSA) is 78.4 Å². The third kappa shape index (κ3) is 5.45. The molecule has 1 atom stereocenters. The van der Waals surface area contributed by atoms with Crippen LogP contribution in [0.4, 0.5) is 4.79 Å². The molecular formula is C16H24N2O3. The van der Waals surface area contributed by atoms with Gasteiger partial charge in [0.2, 0.25) is 0 Å². The summed E-state index contributed by atoms with van der Waals surface area (Å²) in [5, 5.41) is 14.2. The van der Waals surface area contributed by atoms with Crippen LogP contribution >= 0.6 is 0 Å². The molecule has 1 rings (SSSR count). The van der Waals surface area contributed by atoms with Crippen LogP contribution in [0.2, 0.25) is 0 Å². The second-order valence-corrected chi connectivity index (χ2v) is 5.78. The Morgan fingerprint density at radius 3 is 2.10 bits per heavy atom. The van der Waals surface area contributed by atoms with E-state index in [2.05, 4.69) is 24.5 Å². The molecule has 1 aromatic carbocycles. The van der Waals surface area contributed by atoms with Gasteiger partial charge in [0, 0.05) is 6.54 Å². The molecule has 0 aliphatic carbocycles. The highest BCUT2D eigenvalue weighted by atomic mass is 16.4. The first-order valence-corrected chi connectivity index (χ1v) is 7.17. The van der Waals surface area contributed by atoms with Crippen molar-refractivity contribution in [3.05, 3.63) is 35.4 Å². The third-order valence-electron chi connectivity index (χ3n) is 3.32. The molecule has 1 aromatic rings. The van der Waals surface area contributed by atoms with Gasteiger partial charge in [-0.25, -0.2) is 9.59 Å². The van der Waals surface area contributed by atoms with Crippen molar-refractivity contribution in [1.29, 1.82) is 0 Å². The lowest BCUT2D eigenvalue weighted by Gasteiger charge is -2.18. The van der Waals surface area contributed by atoms with Crippen molar-refractivity contribution in [2.45, 2.75) is 46.2 Å². The fourth-order valence-electron chi connectivity index (χ4n) is 1.91. The molecule has 5 heteroatoms. The van der Waals surface area contributed by atoms with Crippen LogP contribution in [0.5, 0.6) is 0 Å². The van der Waals surface area contributed by atoms with E-state index in [1.807, 2.05) is 24.3 Å². The lowest BCUT2D eigenvalue weighted by molar-refractivity contribution is -0.140. The second-order valence-electron chi connectivity index (χ2n) is 5.78. The summed E-state index contributed by atoms with van der Waals surface area (Å²) in [4.78, 5) is 22.7. The first kappa shape index (κ1) is 17.0. The van der Waals surface area contributed by atoms with Crippen molar-refractivity contribution in [3.63, 3.8) is 0 Å². The molecule has 0 heterocycles. The average molecular weight is 292 g/mol. The Bertz CT molecular complexity index is 481. The molecule has 116 valence electrons. The lowest BCUT2D eigenvalue weighted by Crippen LogP contribution is -2.48. The van der Waals surface area contributed by atoms with Gasteiger partial charge in [-0.3, -0.25) is 0 Å². The molecule has 3 N–H and O–H groups in total. The number of benzene rings is 1. The zero-order chi connectivity index (χ0) is 16.0. The first-order chi connectivity index (χ1) is 9.81. The summed E-state index contributed by atoms with van der Waals surface area (Å²) in [7, 11) is 0. The minimum atomic E-state index is -1.03. The molecule has 0 spiro atoms. The van der Waals surface area contributed by atoms with E-state index in [9.17, 15) is 9.59 Å². The number of carboxylic acid groups (broad SMARTS) is 1. The number of urea groups is 1. The van der Waals surface area contributed by atoms with Gasteiger partial charge in [-0.1, -0.05) is 52.0 Å². The largest absolute Gasteiger partial charge is 0.480 e. The zero-order valence-corrected chi connectivity index (χ0v) is 13.0. The summed E-state index contributed by atoms with van der Waals surface area (Å²) >= 11 is 0. The van der Waals surface area contributed by atoms with Crippen LogP contribution in [0, 0.1) is 5.92 Å². The highest BCUT2D eigenvalue weighted by Gasteiger charge is 2.23. The SMILES string of the molecule is CC(C)c1ccc(CNC(=O)NC(C(=O)O)C(C)C)cc1. The average Bonchev–Trinajstić information content (AvgIpc) is 2.42. The molecular weight excluding hydrogens is 268 g/mol. The van der Waals surface area contributed by atoms with Crippen molar-refractivity contribution in [2.24, 2.45) is 5.92 Å². The van der Waals surface area contributed by atoms with Gasteiger partial charge in [0.15, 0.2) is 0 Å². The van der Waals surface area contributed by atoms with E-state index in [0.29, 0.717) is 12.5 Å². The van der Waals surface area contributed by atoms with Gasteiger partial charge in [-0.2, -0.15) is 0 Å². The summed E-state index contributed by atoms with van der Waals surface area (Å²) < 4.78 is 0. The standard InChI is InChI=1S/C16H24N2O3/c1-10(2)13-7-5-12(6-8-13)9-17-16(21)18-14(11(3)4)15(19)20/h5-8,10-11,14H,9H2,1-4H3,(H,19,20)(H2,17,18,21). The molecule has 0 radical (unpaired) electrons. The van der Waals surface area contributed by atoms with E-state index in [4.69, 9.17) is 5.11 Å². The summed E-state index contributed by atoms with van der Waals surface area (Å²) in [5.74, 6) is -0.724. The summed E-state index contributed by atoms with van der Waals surface area (Å²) in [6.45, 7) is 8.12. The molecule has 0 aromatic heterocycles. The van der Waals surface area contributed by atoms with Crippen LogP contribution in [-0.2, 0) is 11.3 Å². The Hall–Kier alpha value is -2.04. The molecule has 0 saturated carbocycles. The van der Waals surface area contributed by atoms with Gasteiger partial charge >= 0.3 is 12.0 Å². The predicted octanol–water partition coefficient (Wildman–Crippen LogP) is 2.72. The van der Waals surface area contributed by atoms with Crippen LogP contribution in [0.15, 0.2) is 24.3 Å². The summed E-state index contributed by atoms with van der Waals surface area (Å²) in [6.07, 6.45) is 0. The fraction of sp³-hybridized carbons (Fsp3) is 0.500. The van der Waals surface area contributed by atoms with Crippen molar-refractivity contribution in [1.82, 2.24) is 10.6 Å². The molecule has 1 unspecified atom stereocenters. The van der Waals surface area contributed by atoms with E-state index in [1.54, 1.807) is 13.8 Å². The smallest absolute Gasteiger partial charge is 0.326 e. The lowest BCUT2D eigenvalue weighted by atomic mass is 10.0. The Balaban J connectivity index is 2.51. The number of aliphatic carboxylic acids is 1. The number of nitrogens with one attached hydrogen (secondary N) is 2. The zero-order valence-electron chi connectivity index (χ0n) is 13.0. The number of rotatable bonds is 6. The quantitative estimate of drug-likeness (QED) is 0.754. The van der Waals surface area contributed by atoms with Crippen molar-refractivity contribution in [3.8, 4) is 0 Å². The number of carbonyl (C=O) groups is 2. The molecule has 5 nitrogen and oxygen atoms in total. The highest BCUT2D eigenvalue weighted by molar-refractivity contribution is 5.82. The minimum absolute atomic E-state index is 0.168. The van der Waals surface area contributed by atoms with Crippen LogP contribution in [0.25, 0.3) is 0 Å². The first-order valence-electron chi connectivity index (χ1n) is 7.17. The van der Waals surface area contributed by atoms with Crippen molar-refractivity contribution >= 4 is 12.0 Å². The molecule has 0 bridgehead atoms. The Morgan fingerprint density at radius 1 is 1.10 bits per heavy atom. The normalized spacial score (nSPS) is 12.3. The maximum atomic E-state index is 11.7. The van der Waals surface area contributed by atoms with E-state index < -0.39 is 18.0 Å². The minimum Gasteiger partial charge on any atom is -0.480 e. The van der Waals surface area contributed by atoms with Gasteiger partial charge in [-0.15, -0.1) is 0 Å². The van der Waals surface area contributed by atoms with Crippen LogP contribution < -0.4 is 10.6 Å².